The fourth-order valence-electron chi connectivity index (χ4n) is 2.34. The predicted octanol–water partition coefficient (Wildman–Crippen LogP) is 7.38. The van der Waals surface area contributed by atoms with Crippen molar-refractivity contribution in [3.05, 3.63) is 59.8 Å². The van der Waals surface area contributed by atoms with Crippen molar-refractivity contribution in [3.8, 4) is 0 Å². The van der Waals surface area contributed by atoms with Gasteiger partial charge >= 0.3 is 0 Å². The minimum absolute atomic E-state index is 0.0773. The van der Waals surface area contributed by atoms with Gasteiger partial charge in [-0.3, -0.25) is 4.79 Å². The quantitative estimate of drug-likeness (QED) is 0.523. The number of hydrogen-bond donors (Lipinski definition) is 0. The van der Waals surface area contributed by atoms with E-state index in [1.54, 1.807) is 12.2 Å². The molecule has 0 aromatic carbocycles. The number of ketones is 1. The second kappa shape index (κ2) is 11.1. The highest BCUT2D eigenvalue weighted by Gasteiger charge is 2.22. The highest BCUT2D eigenvalue weighted by atomic mass is 16.1. The van der Waals surface area contributed by atoms with Crippen LogP contribution < -0.4 is 0 Å². The summed E-state index contributed by atoms with van der Waals surface area (Å²) < 4.78 is 0. The lowest BCUT2D eigenvalue weighted by molar-refractivity contribution is -0.110. The summed E-state index contributed by atoms with van der Waals surface area (Å²) in [6.45, 7) is 17.3. The van der Waals surface area contributed by atoms with E-state index < -0.39 is 0 Å². The van der Waals surface area contributed by atoms with Gasteiger partial charge in [0.2, 0.25) is 0 Å². The van der Waals surface area contributed by atoms with Gasteiger partial charge in [0.25, 0.3) is 0 Å². The molecule has 0 aromatic rings. The first-order valence-corrected chi connectivity index (χ1v) is 9.55. The molecule has 0 radical (unpaired) electrons. The molecule has 2 aliphatic carbocycles. The Morgan fingerprint density at radius 3 is 1.72 bits per heavy atom. The molecule has 0 unspecified atom stereocenters. The highest BCUT2D eigenvalue weighted by Crippen LogP contribution is 2.36. The number of allylic oxidation sites excluding steroid dienone is 10. The summed E-state index contributed by atoms with van der Waals surface area (Å²) in [4.78, 5) is 10.6. The SMILES string of the molecule is C/C=C\C1=C(C)C(C)(C)C=C1.CC1(C)C=CC(=O)C=C1.CCCCC. The van der Waals surface area contributed by atoms with Crippen LogP contribution in [0.2, 0.25) is 0 Å². The Hall–Kier alpha value is -1.63. The first-order chi connectivity index (χ1) is 11.6. The van der Waals surface area contributed by atoms with Crippen molar-refractivity contribution >= 4 is 5.78 Å². The minimum atomic E-state index is 0.0773. The molecule has 0 fully saturated rings. The molecule has 0 N–H and O–H groups in total. The van der Waals surface area contributed by atoms with Crippen molar-refractivity contribution in [2.75, 3.05) is 0 Å². The summed E-state index contributed by atoms with van der Waals surface area (Å²) in [5.74, 6) is 0.0920. The van der Waals surface area contributed by atoms with Crippen molar-refractivity contribution in [2.24, 2.45) is 10.8 Å². The summed E-state index contributed by atoms with van der Waals surface area (Å²) in [6, 6.07) is 0. The lowest BCUT2D eigenvalue weighted by Crippen LogP contribution is -2.08. The molecule has 0 heterocycles. The van der Waals surface area contributed by atoms with E-state index in [1.807, 2.05) is 12.2 Å². The fraction of sp³-hybridized carbons (Fsp3) is 0.542. The lowest BCUT2D eigenvalue weighted by atomic mass is 9.87. The Morgan fingerprint density at radius 2 is 1.44 bits per heavy atom. The molecule has 25 heavy (non-hydrogen) atoms. The number of unbranched alkanes of at least 4 members (excludes halogenated alkanes) is 2. The monoisotopic (exact) mass is 342 g/mol. The van der Waals surface area contributed by atoms with Crippen LogP contribution in [-0.4, -0.2) is 5.78 Å². The molecule has 0 bridgehead atoms. The zero-order valence-electron chi connectivity index (χ0n) is 17.6. The summed E-state index contributed by atoms with van der Waals surface area (Å²) >= 11 is 0. The van der Waals surface area contributed by atoms with Crippen molar-refractivity contribution in [3.63, 3.8) is 0 Å². The van der Waals surface area contributed by atoms with Crippen LogP contribution in [0.1, 0.15) is 74.7 Å². The van der Waals surface area contributed by atoms with E-state index in [9.17, 15) is 4.79 Å². The van der Waals surface area contributed by atoms with Gasteiger partial charge in [0.05, 0.1) is 0 Å². The van der Waals surface area contributed by atoms with E-state index in [2.05, 4.69) is 79.7 Å². The average molecular weight is 343 g/mol. The molecule has 0 saturated heterocycles. The van der Waals surface area contributed by atoms with Crippen LogP contribution in [0.5, 0.6) is 0 Å². The lowest BCUT2D eigenvalue weighted by Gasteiger charge is -2.17. The molecule has 0 spiro atoms. The van der Waals surface area contributed by atoms with E-state index in [1.165, 1.54) is 30.4 Å². The van der Waals surface area contributed by atoms with Gasteiger partial charge in [-0.2, -0.15) is 0 Å². The fourth-order valence-corrected chi connectivity index (χ4v) is 2.34. The predicted molar refractivity (Wildman–Crippen MR) is 113 cm³/mol. The summed E-state index contributed by atoms with van der Waals surface area (Å²) in [5, 5.41) is 0. The molecular formula is C24H38O. The van der Waals surface area contributed by atoms with Gasteiger partial charge in [-0.1, -0.05) is 103 Å². The topological polar surface area (TPSA) is 17.1 Å². The van der Waals surface area contributed by atoms with Gasteiger partial charge < -0.3 is 0 Å². The Balaban J connectivity index is 0.000000372. The zero-order valence-corrected chi connectivity index (χ0v) is 17.6. The molecule has 2 aliphatic rings. The Labute approximate surface area is 156 Å². The maximum absolute atomic E-state index is 10.6. The minimum Gasteiger partial charge on any atom is -0.290 e. The molecule has 0 aliphatic heterocycles. The maximum atomic E-state index is 10.6. The van der Waals surface area contributed by atoms with Gasteiger partial charge in [0.1, 0.15) is 0 Å². The van der Waals surface area contributed by atoms with E-state index in [0.29, 0.717) is 0 Å². The van der Waals surface area contributed by atoms with Crippen LogP contribution in [0, 0.1) is 10.8 Å². The Morgan fingerprint density at radius 1 is 0.920 bits per heavy atom. The second-order valence-corrected chi connectivity index (χ2v) is 7.88. The Kier molecular flexibility index (Phi) is 10.4. The molecule has 0 aromatic heterocycles. The molecule has 1 nitrogen and oxygen atoms in total. The molecule has 0 saturated carbocycles. The summed E-state index contributed by atoms with van der Waals surface area (Å²) in [5.41, 5.74) is 3.19. The first-order valence-electron chi connectivity index (χ1n) is 9.55. The summed E-state index contributed by atoms with van der Waals surface area (Å²) in [7, 11) is 0. The largest absolute Gasteiger partial charge is 0.290 e. The second-order valence-electron chi connectivity index (χ2n) is 7.88. The third-order valence-electron chi connectivity index (χ3n) is 4.49. The van der Waals surface area contributed by atoms with E-state index >= 15 is 0 Å². The number of carbonyl (C=O) groups excluding carboxylic acids is 1. The molecule has 1 heteroatoms. The van der Waals surface area contributed by atoms with Crippen LogP contribution in [0.25, 0.3) is 0 Å². The van der Waals surface area contributed by atoms with Gasteiger partial charge in [0.15, 0.2) is 5.78 Å². The van der Waals surface area contributed by atoms with Crippen LogP contribution in [0.15, 0.2) is 59.8 Å². The van der Waals surface area contributed by atoms with Gasteiger partial charge in [0, 0.05) is 10.8 Å². The summed E-state index contributed by atoms with van der Waals surface area (Å²) in [6.07, 6.45) is 19.8. The number of carbonyl (C=O) groups is 1. The normalized spacial score (nSPS) is 19.6. The number of hydrogen-bond acceptors (Lipinski definition) is 1. The van der Waals surface area contributed by atoms with Crippen LogP contribution in [-0.2, 0) is 4.79 Å². The van der Waals surface area contributed by atoms with Crippen molar-refractivity contribution in [2.45, 2.75) is 74.7 Å². The van der Waals surface area contributed by atoms with Crippen molar-refractivity contribution in [1.82, 2.24) is 0 Å². The van der Waals surface area contributed by atoms with Gasteiger partial charge in [-0.15, -0.1) is 0 Å². The molecule has 0 amide bonds. The van der Waals surface area contributed by atoms with Crippen LogP contribution in [0.4, 0.5) is 0 Å². The average Bonchev–Trinajstić information content (AvgIpc) is 2.80. The zero-order chi connectivity index (χ0) is 19.5. The third kappa shape index (κ3) is 9.43. The van der Waals surface area contributed by atoms with E-state index in [4.69, 9.17) is 0 Å². The number of rotatable bonds is 3. The third-order valence-corrected chi connectivity index (χ3v) is 4.49. The Bertz CT molecular complexity index is 543. The van der Waals surface area contributed by atoms with Gasteiger partial charge in [-0.25, -0.2) is 0 Å². The molecule has 2 rings (SSSR count). The molecule has 0 atom stereocenters. The first kappa shape index (κ1) is 23.4. The van der Waals surface area contributed by atoms with Gasteiger partial charge in [-0.05, 0) is 31.6 Å². The smallest absolute Gasteiger partial charge is 0.178 e. The molecular weight excluding hydrogens is 304 g/mol. The van der Waals surface area contributed by atoms with Crippen LogP contribution >= 0.6 is 0 Å². The van der Waals surface area contributed by atoms with Crippen molar-refractivity contribution < 1.29 is 4.79 Å². The van der Waals surface area contributed by atoms with Crippen LogP contribution in [0.3, 0.4) is 0 Å². The van der Waals surface area contributed by atoms with Crippen molar-refractivity contribution in [1.29, 1.82) is 0 Å². The highest BCUT2D eigenvalue weighted by molar-refractivity contribution is 6.00. The van der Waals surface area contributed by atoms with E-state index in [0.717, 1.165) is 0 Å². The van der Waals surface area contributed by atoms with E-state index in [-0.39, 0.29) is 16.6 Å². The standard InChI is InChI=1S/C11H16.C8H10O.C5H12/c1-5-6-10-7-8-11(3,4)9(10)2;1-8(2)5-3-7(9)4-6-8;1-3-5-4-2/h5-8H,1-4H3;3-6H,1-2H3;3-5H2,1-2H3/b6-5-;;. The maximum Gasteiger partial charge on any atom is 0.178 e. The molecule has 140 valence electrons.